The van der Waals surface area contributed by atoms with E-state index in [4.69, 9.17) is 10.5 Å². The highest BCUT2D eigenvalue weighted by atomic mass is 16.5. The Morgan fingerprint density at radius 3 is 2.57 bits per heavy atom. The third-order valence-corrected chi connectivity index (χ3v) is 3.95. The molecule has 1 amide bonds. The lowest BCUT2D eigenvalue weighted by Crippen LogP contribution is -2.49. The van der Waals surface area contributed by atoms with E-state index in [1.807, 2.05) is 0 Å². The summed E-state index contributed by atoms with van der Waals surface area (Å²) in [7, 11) is 0. The maximum absolute atomic E-state index is 11.9. The van der Waals surface area contributed by atoms with Crippen molar-refractivity contribution in [1.82, 2.24) is 10.2 Å². The third kappa shape index (κ3) is 8.39. The first-order valence-electron chi connectivity index (χ1n) is 8.42. The van der Waals surface area contributed by atoms with Crippen LogP contribution in [-0.2, 0) is 9.53 Å². The van der Waals surface area contributed by atoms with E-state index in [1.54, 1.807) is 0 Å². The maximum Gasteiger partial charge on any atom is 0.220 e. The predicted octanol–water partition coefficient (Wildman–Crippen LogP) is 1.37. The summed E-state index contributed by atoms with van der Waals surface area (Å²) >= 11 is 0. The van der Waals surface area contributed by atoms with Crippen LogP contribution in [0.3, 0.4) is 0 Å². The number of amides is 1. The number of hydrogen-bond acceptors (Lipinski definition) is 4. The number of nitrogens with one attached hydrogen (secondary N) is 1. The minimum Gasteiger partial charge on any atom is -0.379 e. The van der Waals surface area contributed by atoms with Gasteiger partial charge < -0.3 is 15.8 Å². The first-order valence-corrected chi connectivity index (χ1v) is 8.42. The van der Waals surface area contributed by atoms with Crippen molar-refractivity contribution in [1.29, 1.82) is 0 Å². The number of carbonyl (C=O) groups is 1. The lowest BCUT2D eigenvalue weighted by molar-refractivity contribution is -0.121. The summed E-state index contributed by atoms with van der Waals surface area (Å²) in [5.41, 5.74) is 5.46. The molecule has 0 radical (unpaired) electrons. The highest BCUT2D eigenvalue weighted by Crippen LogP contribution is 2.13. The summed E-state index contributed by atoms with van der Waals surface area (Å²) in [4.78, 5) is 14.4. The highest BCUT2D eigenvalue weighted by molar-refractivity contribution is 5.75. The Morgan fingerprint density at radius 1 is 1.24 bits per heavy atom. The van der Waals surface area contributed by atoms with Crippen LogP contribution >= 0.6 is 0 Å². The van der Waals surface area contributed by atoms with Crippen LogP contribution in [0.2, 0.25) is 0 Å². The Bertz CT molecular complexity index is 279. The largest absolute Gasteiger partial charge is 0.379 e. The number of nitrogens with zero attached hydrogens (tertiary/aromatic N) is 1. The summed E-state index contributed by atoms with van der Waals surface area (Å²) in [5, 5.41) is 3.11. The van der Waals surface area contributed by atoms with Gasteiger partial charge in [-0.3, -0.25) is 9.69 Å². The van der Waals surface area contributed by atoms with Crippen molar-refractivity contribution in [3.63, 3.8) is 0 Å². The van der Waals surface area contributed by atoms with Crippen LogP contribution in [0.4, 0.5) is 0 Å². The van der Waals surface area contributed by atoms with Gasteiger partial charge in [-0.05, 0) is 31.7 Å². The van der Waals surface area contributed by atoms with E-state index in [0.717, 1.165) is 65.1 Å². The van der Waals surface area contributed by atoms with Crippen LogP contribution in [0.1, 0.15) is 46.0 Å². The number of morpholine rings is 1. The lowest BCUT2D eigenvalue weighted by Gasteiger charge is -2.35. The Morgan fingerprint density at radius 2 is 1.95 bits per heavy atom. The Hall–Kier alpha value is -0.650. The minimum atomic E-state index is 0.175. The highest BCUT2D eigenvalue weighted by Gasteiger charge is 2.22. The molecule has 1 rings (SSSR count). The Kier molecular flexibility index (Phi) is 9.63. The van der Waals surface area contributed by atoms with E-state index in [0.29, 0.717) is 18.4 Å². The standard InChI is InChI=1S/C16H33N3O2/c1-14(2)12-15(19-8-10-21-11-9-19)13-18-16(20)6-4-3-5-7-17/h14-15H,3-13,17H2,1-2H3,(H,18,20). The molecule has 3 N–H and O–H groups in total. The maximum atomic E-state index is 11.9. The van der Waals surface area contributed by atoms with Gasteiger partial charge in [0.05, 0.1) is 13.2 Å². The average molecular weight is 299 g/mol. The van der Waals surface area contributed by atoms with E-state index in [2.05, 4.69) is 24.1 Å². The average Bonchev–Trinajstić information content (AvgIpc) is 2.48. The lowest BCUT2D eigenvalue weighted by atomic mass is 10.0. The van der Waals surface area contributed by atoms with E-state index in [-0.39, 0.29) is 5.91 Å². The molecule has 1 atom stereocenters. The van der Waals surface area contributed by atoms with Gasteiger partial charge in [-0.15, -0.1) is 0 Å². The van der Waals surface area contributed by atoms with Crippen molar-refractivity contribution in [2.75, 3.05) is 39.4 Å². The molecular weight excluding hydrogens is 266 g/mol. The van der Waals surface area contributed by atoms with Gasteiger partial charge in [-0.1, -0.05) is 20.3 Å². The van der Waals surface area contributed by atoms with Gasteiger partial charge in [0, 0.05) is 32.1 Å². The fourth-order valence-corrected chi connectivity index (χ4v) is 2.77. The Labute approximate surface area is 129 Å². The molecule has 1 unspecified atom stereocenters. The first kappa shape index (κ1) is 18.4. The van der Waals surface area contributed by atoms with Crippen molar-refractivity contribution in [3.8, 4) is 0 Å². The molecule has 124 valence electrons. The number of unbranched alkanes of at least 4 members (excludes halogenated alkanes) is 2. The van der Waals surface area contributed by atoms with Gasteiger partial charge in [0.15, 0.2) is 0 Å². The number of nitrogens with two attached hydrogens (primary N) is 1. The van der Waals surface area contributed by atoms with Crippen LogP contribution in [0.5, 0.6) is 0 Å². The van der Waals surface area contributed by atoms with Crippen LogP contribution < -0.4 is 11.1 Å². The van der Waals surface area contributed by atoms with Crippen molar-refractivity contribution in [3.05, 3.63) is 0 Å². The zero-order valence-corrected chi connectivity index (χ0v) is 13.8. The van der Waals surface area contributed by atoms with E-state index >= 15 is 0 Å². The molecule has 0 aromatic carbocycles. The number of hydrogen-bond donors (Lipinski definition) is 2. The summed E-state index contributed by atoms with van der Waals surface area (Å²) in [5.74, 6) is 0.813. The van der Waals surface area contributed by atoms with Gasteiger partial charge in [-0.25, -0.2) is 0 Å². The smallest absolute Gasteiger partial charge is 0.220 e. The van der Waals surface area contributed by atoms with Crippen LogP contribution in [0, 0.1) is 5.92 Å². The van der Waals surface area contributed by atoms with Gasteiger partial charge in [-0.2, -0.15) is 0 Å². The molecule has 1 fully saturated rings. The Balaban J connectivity index is 2.29. The second-order valence-electron chi connectivity index (χ2n) is 6.34. The van der Waals surface area contributed by atoms with E-state index < -0.39 is 0 Å². The number of ether oxygens (including phenoxy) is 1. The van der Waals surface area contributed by atoms with Gasteiger partial charge in [0.25, 0.3) is 0 Å². The molecule has 1 aliphatic heterocycles. The second kappa shape index (κ2) is 11.0. The molecule has 1 aliphatic rings. The molecule has 0 bridgehead atoms. The molecule has 1 heterocycles. The molecule has 0 saturated carbocycles. The van der Waals surface area contributed by atoms with Crippen molar-refractivity contribution < 1.29 is 9.53 Å². The number of rotatable bonds is 10. The third-order valence-electron chi connectivity index (χ3n) is 3.95. The van der Waals surface area contributed by atoms with Crippen molar-refractivity contribution in [2.45, 2.75) is 52.0 Å². The molecule has 1 saturated heterocycles. The van der Waals surface area contributed by atoms with Gasteiger partial charge >= 0.3 is 0 Å². The molecule has 21 heavy (non-hydrogen) atoms. The molecule has 5 heteroatoms. The molecule has 0 aromatic rings. The van der Waals surface area contributed by atoms with Gasteiger partial charge in [0.1, 0.15) is 0 Å². The van der Waals surface area contributed by atoms with Crippen LogP contribution in [0.15, 0.2) is 0 Å². The second-order valence-corrected chi connectivity index (χ2v) is 6.34. The topological polar surface area (TPSA) is 67.6 Å². The van der Waals surface area contributed by atoms with Crippen LogP contribution in [-0.4, -0.2) is 56.2 Å². The van der Waals surface area contributed by atoms with E-state index in [9.17, 15) is 4.79 Å². The summed E-state index contributed by atoms with van der Waals surface area (Å²) in [6.45, 7) is 9.52. The molecule has 0 spiro atoms. The molecular formula is C16H33N3O2. The zero-order valence-electron chi connectivity index (χ0n) is 13.8. The van der Waals surface area contributed by atoms with Crippen molar-refractivity contribution in [2.24, 2.45) is 11.7 Å². The summed E-state index contributed by atoms with van der Waals surface area (Å²) < 4.78 is 5.42. The van der Waals surface area contributed by atoms with Crippen LogP contribution in [0.25, 0.3) is 0 Å². The minimum absolute atomic E-state index is 0.175. The van der Waals surface area contributed by atoms with Gasteiger partial charge in [0.2, 0.25) is 5.91 Å². The number of carbonyl (C=O) groups excluding carboxylic acids is 1. The molecule has 0 aliphatic carbocycles. The fourth-order valence-electron chi connectivity index (χ4n) is 2.77. The predicted molar refractivity (Wildman–Crippen MR) is 86.2 cm³/mol. The molecule has 0 aromatic heterocycles. The van der Waals surface area contributed by atoms with E-state index in [1.165, 1.54) is 0 Å². The SMILES string of the molecule is CC(C)CC(CNC(=O)CCCCCN)N1CCOCC1. The monoisotopic (exact) mass is 299 g/mol. The summed E-state index contributed by atoms with van der Waals surface area (Å²) in [6, 6.07) is 0.432. The summed E-state index contributed by atoms with van der Waals surface area (Å²) in [6.07, 6.45) is 4.74. The first-order chi connectivity index (χ1) is 10.1. The quantitative estimate of drug-likeness (QED) is 0.598. The fraction of sp³-hybridized carbons (Fsp3) is 0.938. The van der Waals surface area contributed by atoms with Crippen molar-refractivity contribution >= 4 is 5.91 Å². The zero-order chi connectivity index (χ0) is 15.5. The molecule has 5 nitrogen and oxygen atoms in total. The normalized spacial score (nSPS) is 17.9.